The molecule has 0 heterocycles. The monoisotopic (exact) mass is 85.0 g/mol. The predicted molar refractivity (Wildman–Crippen MR) is 12.0 cm³/mol. The summed E-state index contributed by atoms with van der Waals surface area (Å²) in [4.78, 5) is 0. The first-order valence-electron chi connectivity index (χ1n) is 1.06. The van der Waals surface area contributed by atoms with Gasteiger partial charge in [0, 0.05) is 0 Å². The molecule has 0 rings (SSSR count). The Morgan fingerprint density at radius 1 is 1.20 bits per heavy atom. The molecule has 0 saturated carbocycles. The third kappa shape index (κ3) is 367. The van der Waals surface area contributed by atoms with E-state index >= 15 is 0 Å². The third-order valence-corrected chi connectivity index (χ3v) is 0. The molecule has 0 aliphatic rings. The van der Waals surface area contributed by atoms with Crippen molar-refractivity contribution in [2.45, 2.75) is 0 Å². The minimum Gasteiger partial charge on any atom is -0.455 e. The van der Waals surface area contributed by atoms with E-state index in [1.807, 2.05) is 5.64 Å². The third-order valence-electron chi connectivity index (χ3n) is 0. The second-order valence-corrected chi connectivity index (χ2v) is 0.710. The van der Waals surface area contributed by atoms with E-state index in [1.165, 1.54) is 0 Å². The summed E-state index contributed by atoms with van der Waals surface area (Å²) >= 11 is 0. The van der Waals surface area contributed by atoms with Gasteiger partial charge in [-0.15, -0.1) is 0 Å². The van der Waals surface area contributed by atoms with Crippen molar-refractivity contribution in [3.63, 3.8) is 0 Å². The van der Waals surface area contributed by atoms with Crippen LogP contribution in [-0.4, -0.2) is 7.11 Å². The largest absolute Gasteiger partial charge is 0.728 e. The minimum atomic E-state index is -4.75. The molecule has 5 heteroatoms. The normalized spacial score (nSPS) is 12.0. The molecular formula is H3BF3N. The van der Waals surface area contributed by atoms with E-state index < -0.39 is 7.11 Å². The van der Waals surface area contributed by atoms with E-state index in [0.717, 1.165) is 0 Å². The van der Waals surface area contributed by atoms with E-state index in [9.17, 15) is 12.9 Å². The van der Waals surface area contributed by atoms with Gasteiger partial charge < -0.3 is 18.6 Å². The smallest absolute Gasteiger partial charge is 0.455 e. The molecule has 0 atom stereocenters. The molecule has 32 valence electrons. The Kier molecular flexibility index (Phi) is 0.861. The zero-order chi connectivity index (χ0) is 4.50. The Morgan fingerprint density at radius 2 is 1.20 bits per heavy atom. The number of halogens is 3. The van der Waals surface area contributed by atoms with Crippen LogP contribution in [0.2, 0.25) is 0 Å². The van der Waals surface area contributed by atoms with Crippen molar-refractivity contribution in [2.24, 2.45) is 0 Å². The Morgan fingerprint density at radius 3 is 1.20 bits per heavy atom. The molecule has 1 nitrogen and oxygen atoms in total. The second kappa shape index (κ2) is 0.894. The van der Waals surface area contributed by atoms with Gasteiger partial charge in [-0.2, -0.15) is 0 Å². The Hall–Kier alpha value is -0.185. The van der Waals surface area contributed by atoms with Gasteiger partial charge in [0.25, 0.3) is 0 Å². The minimum absolute atomic E-state index is 1.83. The van der Waals surface area contributed by atoms with Gasteiger partial charge in [-0.05, 0) is 0 Å². The van der Waals surface area contributed by atoms with Crippen LogP contribution in [0.15, 0.2) is 0 Å². The summed E-state index contributed by atoms with van der Waals surface area (Å²) in [7, 11) is -4.75. The summed E-state index contributed by atoms with van der Waals surface area (Å²) in [5, 5.41) is 0. The van der Waals surface area contributed by atoms with Gasteiger partial charge in [-0.3, -0.25) is 0 Å². The van der Waals surface area contributed by atoms with E-state index in [4.69, 9.17) is 0 Å². The standard InChI is InChI=1S/BF3H3N/c2-1(3,4)5/h5H3. The van der Waals surface area contributed by atoms with Crippen LogP contribution in [0.1, 0.15) is 0 Å². The van der Waals surface area contributed by atoms with E-state index in [2.05, 4.69) is 0 Å². The molecule has 0 fully saturated rings. The maximum atomic E-state index is 10.3. The fourth-order valence-electron chi connectivity index (χ4n) is 0. The number of hydrogen-bond acceptors (Lipinski definition) is 0. The Bertz CT molecular complexity index is 22.4. The van der Waals surface area contributed by atoms with Gasteiger partial charge in [-0.25, -0.2) is 0 Å². The van der Waals surface area contributed by atoms with Crippen molar-refractivity contribution < 1.29 is 18.6 Å². The molecule has 0 saturated heterocycles. The first-order chi connectivity index (χ1) is 2.00. The summed E-state index contributed by atoms with van der Waals surface area (Å²) in [5.74, 6) is 0. The molecular weight excluding hydrogens is 81.8 g/mol. The predicted octanol–water partition coefficient (Wildman–Crippen LogP) is -0.428. The van der Waals surface area contributed by atoms with Crippen molar-refractivity contribution in [2.75, 3.05) is 0 Å². The highest BCUT2D eigenvalue weighted by Gasteiger charge is 2.24. The van der Waals surface area contributed by atoms with Crippen LogP contribution in [0.4, 0.5) is 12.9 Å². The summed E-state index contributed by atoms with van der Waals surface area (Å²) in [5.41, 5.74) is 1.83. The lowest BCUT2D eigenvalue weighted by Crippen LogP contribution is -2.69. The maximum Gasteiger partial charge on any atom is 0.728 e. The number of hydrogen-bond donors (Lipinski definition) is 1. The first kappa shape index (κ1) is 4.81. The molecule has 0 radical (unpaired) electrons. The molecule has 0 aliphatic heterocycles. The second-order valence-electron chi connectivity index (χ2n) is 0.710. The van der Waals surface area contributed by atoms with Gasteiger partial charge in [0.1, 0.15) is 0 Å². The van der Waals surface area contributed by atoms with Gasteiger partial charge in [0.15, 0.2) is 0 Å². The zero-order valence-corrected chi connectivity index (χ0v) is 2.42. The van der Waals surface area contributed by atoms with Gasteiger partial charge in [0.2, 0.25) is 0 Å². The fraction of sp³-hybridized carbons (Fsp3) is 0. The van der Waals surface area contributed by atoms with Gasteiger partial charge >= 0.3 is 7.11 Å². The van der Waals surface area contributed by atoms with Crippen LogP contribution >= 0.6 is 0 Å². The zero-order valence-electron chi connectivity index (χ0n) is 2.42. The molecule has 3 N–H and O–H groups in total. The summed E-state index contributed by atoms with van der Waals surface area (Å²) in [6, 6.07) is 0. The molecule has 0 unspecified atom stereocenters. The highest BCUT2D eigenvalue weighted by molar-refractivity contribution is 6.47. The van der Waals surface area contributed by atoms with E-state index in [0.29, 0.717) is 0 Å². The quantitative estimate of drug-likeness (QED) is 0.386. The summed E-state index contributed by atoms with van der Waals surface area (Å²) in [6.45, 7) is 0. The van der Waals surface area contributed by atoms with Crippen LogP contribution in [0.5, 0.6) is 0 Å². The number of rotatable bonds is 0. The van der Waals surface area contributed by atoms with Crippen LogP contribution in [0, 0.1) is 0 Å². The summed E-state index contributed by atoms with van der Waals surface area (Å²) in [6.07, 6.45) is 0. The van der Waals surface area contributed by atoms with Crippen molar-refractivity contribution >= 4 is 7.11 Å². The molecule has 0 bridgehead atoms. The van der Waals surface area contributed by atoms with Crippen LogP contribution in [-0.2, 0) is 0 Å². The van der Waals surface area contributed by atoms with Crippen LogP contribution in [0.25, 0.3) is 0 Å². The van der Waals surface area contributed by atoms with Crippen LogP contribution < -0.4 is 5.64 Å². The molecule has 0 spiro atoms. The van der Waals surface area contributed by atoms with Gasteiger partial charge in [0.05, 0.1) is 0 Å². The average molecular weight is 84.8 g/mol. The highest BCUT2D eigenvalue weighted by Crippen LogP contribution is 1.90. The van der Waals surface area contributed by atoms with E-state index in [1.54, 1.807) is 0 Å². The Labute approximate surface area is 27.0 Å². The fourth-order valence-corrected chi connectivity index (χ4v) is 0. The highest BCUT2D eigenvalue weighted by atomic mass is 19.4. The van der Waals surface area contributed by atoms with Crippen molar-refractivity contribution in [1.29, 1.82) is 0 Å². The Balaban J connectivity index is 3.02. The van der Waals surface area contributed by atoms with Crippen molar-refractivity contribution in [1.82, 2.24) is 0 Å². The summed E-state index contributed by atoms with van der Waals surface area (Å²) < 4.78 is 30.9. The topological polar surface area (TPSA) is 27.6 Å². The number of quaternary nitrogens is 1. The first-order valence-corrected chi connectivity index (χ1v) is 1.06. The lowest BCUT2D eigenvalue weighted by atomic mass is 10.2. The van der Waals surface area contributed by atoms with Crippen molar-refractivity contribution in [3.8, 4) is 0 Å². The van der Waals surface area contributed by atoms with Crippen molar-refractivity contribution in [3.05, 3.63) is 0 Å². The van der Waals surface area contributed by atoms with E-state index in [-0.39, 0.29) is 0 Å². The molecule has 0 aromatic carbocycles. The average Bonchev–Trinajstić information content (AvgIpc) is 0.722. The lowest BCUT2D eigenvalue weighted by Gasteiger charge is -1.92. The van der Waals surface area contributed by atoms with Crippen LogP contribution in [0.3, 0.4) is 0 Å². The SMILES string of the molecule is [NH3+][B-](F)(F)F. The molecule has 0 amide bonds. The lowest BCUT2D eigenvalue weighted by molar-refractivity contribution is -0.260. The molecule has 0 aliphatic carbocycles. The molecule has 5 heavy (non-hydrogen) atoms. The molecule has 0 aromatic heterocycles. The molecule has 0 aromatic rings. The maximum absolute atomic E-state index is 10.3. The van der Waals surface area contributed by atoms with Gasteiger partial charge in [-0.1, -0.05) is 0 Å².